The van der Waals surface area contributed by atoms with Crippen molar-refractivity contribution in [2.75, 3.05) is 0 Å². The minimum absolute atomic E-state index is 3.11. The molecule has 3 N–H and O–H groups in total. The van der Waals surface area contributed by atoms with E-state index in [4.69, 9.17) is 7.16 Å². The van der Waals surface area contributed by atoms with E-state index in [1.54, 1.807) is 0 Å². The van der Waals surface area contributed by atoms with Crippen LogP contribution in [0.2, 0.25) is 0 Å². The first-order valence-corrected chi connectivity index (χ1v) is 3.46. The van der Waals surface area contributed by atoms with Gasteiger partial charge in [0, 0.05) is 0 Å². The first-order chi connectivity index (χ1) is 1.73. The van der Waals surface area contributed by atoms with Gasteiger partial charge in [0.25, 0.3) is 0 Å². The SMILES string of the molecule is [NH2][Mo](=[O])[OH]. The van der Waals surface area contributed by atoms with Gasteiger partial charge in [-0.25, -0.2) is 0 Å². The van der Waals surface area contributed by atoms with E-state index in [0.717, 1.165) is 0 Å². The van der Waals surface area contributed by atoms with Crippen molar-refractivity contribution in [3.05, 3.63) is 0 Å². The summed E-state index contributed by atoms with van der Waals surface area (Å²) < 4.78 is 20.8. The monoisotopic (exact) mass is 147 g/mol. The summed E-state index contributed by atoms with van der Waals surface area (Å²) in [6, 6.07) is 0. The fourth-order valence-corrected chi connectivity index (χ4v) is 0. The molecule has 0 saturated heterocycles. The first-order valence-electron chi connectivity index (χ1n) is 0.585. The van der Waals surface area contributed by atoms with Crippen molar-refractivity contribution in [3.63, 3.8) is 0 Å². The third kappa shape index (κ3) is 28.7. The normalized spacial score (nSPS) is 8.75. The zero-order valence-corrected chi connectivity index (χ0v) is 3.85. The Kier molecular flexibility index (Phi) is 1.88. The van der Waals surface area contributed by atoms with Gasteiger partial charge in [-0.3, -0.25) is 0 Å². The van der Waals surface area contributed by atoms with Crippen molar-refractivity contribution in [2.45, 2.75) is 0 Å². The first kappa shape index (κ1) is 4.41. The molecule has 0 aliphatic rings. The Morgan fingerprint density at radius 3 is 2.00 bits per heavy atom. The van der Waals surface area contributed by atoms with E-state index < -0.39 is 17.9 Å². The van der Waals surface area contributed by atoms with Crippen LogP contribution in [0.3, 0.4) is 0 Å². The standard InChI is InChI=1S/Mo.H2N.H2O.O/h;2*1H2;/q+2;-1;;/p-1. The van der Waals surface area contributed by atoms with E-state index in [9.17, 15) is 0 Å². The van der Waals surface area contributed by atoms with Crippen LogP contribution >= 0.6 is 0 Å². The molecule has 0 atom stereocenters. The van der Waals surface area contributed by atoms with Crippen LogP contribution in [0.15, 0.2) is 0 Å². The van der Waals surface area contributed by atoms with Crippen LogP contribution in [0, 0.1) is 0 Å². The van der Waals surface area contributed by atoms with Crippen LogP contribution < -0.4 is 4.29 Å². The fourth-order valence-electron chi connectivity index (χ4n) is 0. The van der Waals surface area contributed by atoms with Gasteiger partial charge in [0.05, 0.1) is 0 Å². The molecule has 0 rings (SSSR count). The van der Waals surface area contributed by atoms with E-state index in [0.29, 0.717) is 0 Å². The van der Waals surface area contributed by atoms with Gasteiger partial charge in [-0.05, 0) is 0 Å². The van der Waals surface area contributed by atoms with Crippen molar-refractivity contribution in [1.82, 2.24) is 0 Å². The van der Waals surface area contributed by atoms with Crippen molar-refractivity contribution in [3.8, 4) is 0 Å². The Morgan fingerprint density at radius 2 is 2.00 bits per heavy atom. The zero-order chi connectivity index (χ0) is 3.58. The second kappa shape index (κ2) is 1.70. The Balaban J connectivity index is 2.80. The second-order valence-corrected chi connectivity index (χ2v) is 1.63. The number of nitrogens with two attached hydrogens (primary N) is 1. The molecule has 3 nitrogen and oxygen atoms in total. The van der Waals surface area contributed by atoms with Gasteiger partial charge in [-0.1, -0.05) is 0 Å². The molecule has 0 aliphatic carbocycles. The maximum atomic E-state index is 9.03. The number of hydrogen-bond donors (Lipinski definition) is 2. The van der Waals surface area contributed by atoms with Gasteiger partial charge in [0.1, 0.15) is 0 Å². The van der Waals surface area contributed by atoms with Crippen LogP contribution in [-0.4, -0.2) is 3.76 Å². The van der Waals surface area contributed by atoms with Crippen molar-refractivity contribution in [1.29, 1.82) is 0 Å². The molecule has 0 fully saturated rings. The molecule has 0 aromatic rings. The summed E-state index contributed by atoms with van der Waals surface area (Å²) in [4.78, 5) is 0. The summed E-state index contributed by atoms with van der Waals surface area (Å²) >= 11 is -3.11. The van der Waals surface area contributed by atoms with Crippen LogP contribution in [0.1, 0.15) is 0 Å². The van der Waals surface area contributed by atoms with Gasteiger partial charge in [0.15, 0.2) is 0 Å². The third-order valence-electron chi connectivity index (χ3n) is 0. The molecule has 4 heteroatoms. The fraction of sp³-hybridized carbons (Fsp3) is 0. The van der Waals surface area contributed by atoms with E-state index in [2.05, 4.69) is 4.29 Å². The molecule has 0 aromatic carbocycles. The van der Waals surface area contributed by atoms with Crippen LogP contribution in [0.25, 0.3) is 0 Å². The predicted molar refractivity (Wildman–Crippen MR) is 7.09 cm³/mol. The molecule has 0 aliphatic heterocycles. The van der Waals surface area contributed by atoms with E-state index >= 15 is 0 Å². The summed E-state index contributed by atoms with van der Waals surface area (Å²) in [6.07, 6.45) is 0. The predicted octanol–water partition coefficient (Wildman–Crippen LogP) is -1.27. The Bertz CT molecular complexity index is 29.0. The average Bonchev–Trinajstić information content (AvgIpc) is 0.811. The van der Waals surface area contributed by atoms with Gasteiger partial charge < -0.3 is 0 Å². The van der Waals surface area contributed by atoms with Crippen LogP contribution in [0.5, 0.6) is 0 Å². The van der Waals surface area contributed by atoms with Crippen LogP contribution in [-0.2, 0) is 21.3 Å². The maximum absolute atomic E-state index is 9.03. The Morgan fingerprint density at radius 1 is 2.00 bits per heavy atom. The molecule has 0 unspecified atom stereocenters. The molecule has 4 heavy (non-hydrogen) atoms. The number of rotatable bonds is 0. The molecular formula is H3MoNO2. The Labute approximate surface area is 30.0 Å². The van der Waals surface area contributed by atoms with Crippen molar-refractivity contribution < 1.29 is 25.1 Å². The molecule has 26 valence electrons. The molecule has 0 saturated carbocycles. The van der Waals surface area contributed by atoms with Gasteiger partial charge in [-0.15, -0.1) is 0 Å². The summed E-state index contributed by atoms with van der Waals surface area (Å²) in [6.45, 7) is 0. The molecule has 0 radical (unpaired) electrons. The van der Waals surface area contributed by atoms with E-state index in [1.165, 1.54) is 0 Å². The molecule has 0 aromatic heterocycles. The van der Waals surface area contributed by atoms with Gasteiger partial charge >= 0.3 is 29.4 Å². The molecule has 0 bridgehead atoms. The van der Waals surface area contributed by atoms with E-state index in [-0.39, 0.29) is 0 Å². The Hall–Kier alpha value is 0.408. The quantitative estimate of drug-likeness (QED) is 0.417. The summed E-state index contributed by atoms with van der Waals surface area (Å²) in [5, 5.41) is 0. The summed E-state index contributed by atoms with van der Waals surface area (Å²) in [7, 11) is 0. The van der Waals surface area contributed by atoms with Gasteiger partial charge in [-0.2, -0.15) is 0 Å². The molecule has 0 spiro atoms. The molecular weight excluding hydrogens is 142 g/mol. The van der Waals surface area contributed by atoms with Gasteiger partial charge in [0.2, 0.25) is 0 Å². The minimum atomic E-state index is -3.11. The molecule has 0 amide bonds. The summed E-state index contributed by atoms with van der Waals surface area (Å²) in [5.74, 6) is 0. The van der Waals surface area contributed by atoms with Crippen molar-refractivity contribution in [2.24, 2.45) is 4.29 Å². The second-order valence-electron chi connectivity index (χ2n) is 0.276. The van der Waals surface area contributed by atoms with E-state index in [1.807, 2.05) is 0 Å². The van der Waals surface area contributed by atoms with Crippen molar-refractivity contribution >= 4 is 0 Å². The average molecular weight is 145 g/mol. The van der Waals surface area contributed by atoms with Crippen LogP contribution in [0.4, 0.5) is 0 Å². The zero-order valence-electron chi connectivity index (χ0n) is 1.84. The topological polar surface area (TPSA) is 63.3 Å². The summed E-state index contributed by atoms with van der Waals surface area (Å²) in [5.41, 5.74) is 0. The molecule has 0 heterocycles. The number of hydrogen-bond acceptors (Lipinski definition) is 1. The third-order valence-corrected chi connectivity index (χ3v) is 0.